The molecule has 20 heavy (non-hydrogen) atoms. The lowest BCUT2D eigenvalue weighted by Gasteiger charge is -2.05. The summed E-state index contributed by atoms with van der Waals surface area (Å²) in [6.45, 7) is 3.38. The lowest BCUT2D eigenvalue weighted by atomic mass is 10.1. The van der Waals surface area contributed by atoms with E-state index in [1.54, 1.807) is 32.0 Å². The first-order valence-corrected chi connectivity index (χ1v) is 6.82. The number of nitrogens with zero attached hydrogens (tertiary/aromatic N) is 1. The number of aromatic nitrogens is 1. The van der Waals surface area contributed by atoms with Crippen molar-refractivity contribution in [1.29, 1.82) is 0 Å². The minimum Gasteiger partial charge on any atom is -0.478 e. The summed E-state index contributed by atoms with van der Waals surface area (Å²) < 4.78 is 3.94. The summed E-state index contributed by atoms with van der Waals surface area (Å²) in [6, 6.07) is 4.85. The fraction of sp³-hybridized carbons (Fsp3) is 0.154. The van der Waals surface area contributed by atoms with Gasteiger partial charge in [-0.25, -0.2) is 4.79 Å². The van der Waals surface area contributed by atoms with Crippen LogP contribution in [0.2, 0.25) is 5.02 Å². The van der Waals surface area contributed by atoms with Gasteiger partial charge in [-0.15, -0.1) is 0 Å². The van der Waals surface area contributed by atoms with Crippen molar-refractivity contribution in [2.24, 2.45) is 0 Å². The van der Waals surface area contributed by atoms with Crippen LogP contribution in [0.15, 0.2) is 18.2 Å². The van der Waals surface area contributed by atoms with Crippen LogP contribution in [-0.2, 0) is 0 Å². The zero-order chi connectivity index (χ0) is 14.9. The second-order valence-corrected chi connectivity index (χ2v) is 5.38. The molecule has 0 aliphatic rings. The van der Waals surface area contributed by atoms with E-state index in [4.69, 9.17) is 16.7 Å². The number of carbonyl (C=O) groups excluding carboxylic acids is 1. The highest BCUT2D eigenvalue weighted by molar-refractivity contribution is 7.11. The van der Waals surface area contributed by atoms with Crippen LogP contribution in [0.25, 0.3) is 0 Å². The van der Waals surface area contributed by atoms with Crippen LogP contribution in [0.5, 0.6) is 0 Å². The molecule has 2 N–H and O–H groups in total. The van der Waals surface area contributed by atoms with Crippen molar-refractivity contribution >= 4 is 40.0 Å². The number of hydrogen-bond donors (Lipinski definition) is 2. The topological polar surface area (TPSA) is 79.3 Å². The summed E-state index contributed by atoms with van der Waals surface area (Å²) in [5, 5.41) is 12.5. The average Bonchev–Trinajstić information content (AvgIpc) is 2.73. The van der Waals surface area contributed by atoms with Gasteiger partial charge in [-0.1, -0.05) is 11.6 Å². The SMILES string of the molecule is Cc1cc(C(=O)Nc2snc(C)c2C(=O)O)ccc1Cl. The van der Waals surface area contributed by atoms with E-state index in [-0.39, 0.29) is 10.6 Å². The fourth-order valence-corrected chi connectivity index (χ4v) is 2.57. The number of hydrogen-bond acceptors (Lipinski definition) is 4. The molecule has 1 aromatic carbocycles. The number of rotatable bonds is 3. The van der Waals surface area contributed by atoms with Crippen molar-refractivity contribution in [3.05, 3.63) is 45.6 Å². The number of anilines is 1. The number of carboxylic acids is 1. The highest BCUT2D eigenvalue weighted by Gasteiger charge is 2.19. The molecule has 0 atom stereocenters. The van der Waals surface area contributed by atoms with Gasteiger partial charge in [0.25, 0.3) is 5.91 Å². The number of nitrogens with one attached hydrogen (secondary N) is 1. The Morgan fingerprint density at radius 1 is 1.35 bits per heavy atom. The number of benzene rings is 1. The number of carbonyl (C=O) groups is 2. The lowest BCUT2D eigenvalue weighted by molar-refractivity contribution is 0.0697. The molecule has 0 aliphatic carbocycles. The molecule has 1 heterocycles. The van der Waals surface area contributed by atoms with Gasteiger partial charge in [0.1, 0.15) is 10.6 Å². The first kappa shape index (κ1) is 14.5. The summed E-state index contributed by atoms with van der Waals surface area (Å²) in [7, 11) is 0. The summed E-state index contributed by atoms with van der Waals surface area (Å²) in [5.41, 5.74) is 1.59. The van der Waals surface area contributed by atoms with Crippen molar-refractivity contribution in [2.45, 2.75) is 13.8 Å². The van der Waals surface area contributed by atoms with Crippen LogP contribution < -0.4 is 5.32 Å². The summed E-state index contributed by atoms with van der Waals surface area (Å²) >= 11 is 6.84. The monoisotopic (exact) mass is 310 g/mol. The van der Waals surface area contributed by atoms with Gasteiger partial charge in [-0.05, 0) is 49.1 Å². The van der Waals surface area contributed by atoms with Crippen molar-refractivity contribution in [3.63, 3.8) is 0 Å². The molecular formula is C13H11ClN2O3S. The van der Waals surface area contributed by atoms with Crippen LogP contribution >= 0.6 is 23.1 Å². The van der Waals surface area contributed by atoms with Crippen molar-refractivity contribution in [2.75, 3.05) is 5.32 Å². The van der Waals surface area contributed by atoms with Crippen molar-refractivity contribution in [3.8, 4) is 0 Å². The molecule has 1 amide bonds. The van der Waals surface area contributed by atoms with E-state index in [1.807, 2.05) is 0 Å². The molecular weight excluding hydrogens is 300 g/mol. The lowest BCUT2D eigenvalue weighted by Crippen LogP contribution is -2.13. The van der Waals surface area contributed by atoms with Crippen LogP contribution in [0, 0.1) is 13.8 Å². The number of aromatic carboxylic acids is 1. The molecule has 0 spiro atoms. The Labute approximate surface area is 124 Å². The quantitative estimate of drug-likeness (QED) is 0.911. The van der Waals surface area contributed by atoms with Gasteiger partial charge in [-0.2, -0.15) is 4.37 Å². The summed E-state index contributed by atoms with van der Waals surface area (Å²) in [5.74, 6) is -1.50. The Hall–Kier alpha value is -1.92. The first-order valence-electron chi connectivity index (χ1n) is 5.67. The highest BCUT2D eigenvalue weighted by Crippen LogP contribution is 2.25. The molecule has 2 aromatic rings. The molecule has 0 radical (unpaired) electrons. The van der Waals surface area contributed by atoms with E-state index in [2.05, 4.69) is 9.69 Å². The second kappa shape index (κ2) is 5.60. The van der Waals surface area contributed by atoms with Crippen molar-refractivity contribution < 1.29 is 14.7 Å². The zero-order valence-electron chi connectivity index (χ0n) is 10.7. The van der Waals surface area contributed by atoms with E-state index < -0.39 is 11.9 Å². The normalized spacial score (nSPS) is 10.3. The maximum atomic E-state index is 12.1. The maximum absolute atomic E-state index is 12.1. The third-order valence-electron chi connectivity index (χ3n) is 2.72. The van der Waals surface area contributed by atoms with Crippen LogP contribution in [-0.4, -0.2) is 21.4 Å². The number of amides is 1. The largest absolute Gasteiger partial charge is 0.478 e. The molecule has 0 bridgehead atoms. The van der Waals surface area contributed by atoms with E-state index in [0.717, 1.165) is 17.1 Å². The van der Waals surface area contributed by atoms with E-state index in [9.17, 15) is 9.59 Å². The van der Waals surface area contributed by atoms with Gasteiger partial charge in [0, 0.05) is 10.6 Å². The van der Waals surface area contributed by atoms with E-state index >= 15 is 0 Å². The van der Waals surface area contributed by atoms with Gasteiger partial charge in [0.05, 0.1) is 5.69 Å². The van der Waals surface area contributed by atoms with Crippen molar-refractivity contribution in [1.82, 2.24) is 4.37 Å². The van der Waals surface area contributed by atoms with E-state index in [0.29, 0.717) is 16.3 Å². The Kier molecular flexibility index (Phi) is 4.06. The minimum absolute atomic E-state index is 0.0223. The molecule has 0 unspecified atom stereocenters. The number of halogens is 1. The smallest absolute Gasteiger partial charge is 0.340 e. The zero-order valence-corrected chi connectivity index (χ0v) is 12.3. The van der Waals surface area contributed by atoms with Gasteiger partial charge in [0.2, 0.25) is 0 Å². The first-order chi connectivity index (χ1) is 9.40. The van der Waals surface area contributed by atoms with Gasteiger partial charge in [-0.3, -0.25) is 4.79 Å². The van der Waals surface area contributed by atoms with Crippen LogP contribution in [0.3, 0.4) is 0 Å². The molecule has 1 aromatic heterocycles. The predicted molar refractivity (Wildman–Crippen MR) is 78.0 cm³/mol. The van der Waals surface area contributed by atoms with E-state index in [1.165, 1.54) is 0 Å². The highest BCUT2D eigenvalue weighted by atomic mass is 35.5. The molecule has 7 heteroatoms. The summed E-state index contributed by atoms with van der Waals surface area (Å²) in [6.07, 6.45) is 0. The fourth-order valence-electron chi connectivity index (χ4n) is 1.67. The molecule has 0 aliphatic heterocycles. The molecule has 104 valence electrons. The average molecular weight is 311 g/mol. The molecule has 5 nitrogen and oxygen atoms in total. The third kappa shape index (κ3) is 2.81. The Morgan fingerprint density at radius 2 is 2.05 bits per heavy atom. The predicted octanol–water partition coefficient (Wildman–Crippen LogP) is 3.36. The van der Waals surface area contributed by atoms with Crippen LogP contribution in [0.4, 0.5) is 5.00 Å². The Balaban J connectivity index is 2.28. The molecule has 0 saturated heterocycles. The summed E-state index contributed by atoms with van der Waals surface area (Å²) in [4.78, 5) is 23.2. The second-order valence-electron chi connectivity index (χ2n) is 4.20. The minimum atomic E-state index is -1.11. The number of carboxylic acid groups (broad SMARTS) is 1. The third-order valence-corrected chi connectivity index (χ3v) is 4.00. The van der Waals surface area contributed by atoms with Crippen LogP contribution in [0.1, 0.15) is 32.0 Å². The van der Waals surface area contributed by atoms with Gasteiger partial charge >= 0.3 is 5.97 Å². The molecule has 0 saturated carbocycles. The standard InChI is InChI=1S/C13H11ClN2O3S/c1-6-5-8(3-4-9(6)14)11(17)15-12-10(13(18)19)7(2)16-20-12/h3-5H,1-2H3,(H,15,17)(H,18,19). The molecule has 2 rings (SSSR count). The Bertz CT molecular complexity index is 697. The molecule has 0 fully saturated rings. The Morgan fingerprint density at radius 3 is 2.65 bits per heavy atom. The number of aryl methyl sites for hydroxylation is 2. The van der Waals surface area contributed by atoms with Gasteiger partial charge < -0.3 is 10.4 Å². The van der Waals surface area contributed by atoms with Gasteiger partial charge in [0.15, 0.2) is 0 Å². The maximum Gasteiger partial charge on any atom is 0.340 e.